The van der Waals surface area contributed by atoms with Crippen molar-refractivity contribution in [3.8, 4) is 11.5 Å². The minimum absolute atomic E-state index is 0. The van der Waals surface area contributed by atoms with Gasteiger partial charge in [0.25, 0.3) is 0 Å². The molecule has 0 aliphatic rings. The van der Waals surface area contributed by atoms with Crippen LogP contribution in [-0.2, 0) is 26.7 Å². The van der Waals surface area contributed by atoms with Crippen LogP contribution in [0.5, 0.6) is 11.5 Å². The molecule has 0 aromatic heterocycles. The summed E-state index contributed by atoms with van der Waals surface area (Å²) in [4.78, 5) is 20.6. The average Bonchev–Trinajstić information content (AvgIpc) is 2.24. The van der Waals surface area contributed by atoms with Crippen LogP contribution in [-0.4, -0.2) is 51.8 Å². The fraction of sp³-hybridized carbons (Fsp3) is 0.200. The minimum Gasteiger partial charge on any atom is -0.479 e. The molecule has 117 valence electrons. The van der Waals surface area contributed by atoms with Crippen molar-refractivity contribution < 1.29 is 62.8 Å². The van der Waals surface area contributed by atoms with Gasteiger partial charge < -0.3 is 36.1 Å². The average molecular weight is 335 g/mol. The monoisotopic (exact) mass is 335 g/mol. The molecule has 0 fully saturated rings. The minimum atomic E-state index is -1.12. The molecule has 0 saturated carbocycles. The molecule has 0 unspecified atom stereocenters. The van der Waals surface area contributed by atoms with E-state index in [0.29, 0.717) is 0 Å². The van der Waals surface area contributed by atoms with Crippen LogP contribution in [0.1, 0.15) is 0 Å². The van der Waals surface area contributed by atoms with Crippen LogP contribution in [0.4, 0.5) is 0 Å². The van der Waals surface area contributed by atoms with Crippen molar-refractivity contribution in [3.05, 3.63) is 24.3 Å². The third-order valence-corrected chi connectivity index (χ3v) is 1.55. The first-order chi connectivity index (χ1) is 7.59. The van der Waals surface area contributed by atoms with Crippen LogP contribution >= 0.6 is 0 Å². The maximum atomic E-state index is 10.3. The van der Waals surface area contributed by atoms with Crippen LogP contribution in [0, 0.1) is 0 Å². The van der Waals surface area contributed by atoms with Gasteiger partial charge in [0.05, 0.1) is 0 Å². The maximum Gasteiger partial charge on any atom is 0.341 e. The van der Waals surface area contributed by atoms with Gasteiger partial charge in [0, 0.05) is 17.1 Å². The number of carboxylic acid groups (broad SMARTS) is 2. The van der Waals surface area contributed by atoms with Crippen LogP contribution in [0.15, 0.2) is 24.3 Å². The summed E-state index contributed by atoms with van der Waals surface area (Å²) in [6.45, 7) is -1.01. The predicted molar refractivity (Wildman–Crippen MR) is 63.5 cm³/mol. The molecular formula is C10H16MnO9. The Labute approximate surface area is 124 Å². The molecule has 10 heteroatoms. The van der Waals surface area contributed by atoms with Crippen molar-refractivity contribution >= 4 is 11.9 Å². The van der Waals surface area contributed by atoms with Crippen molar-refractivity contribution in [3.63, 3.8) is 0 Å². The summed E-state index contributed by atoms with van der Waals surface area (Å²) >= 11 is 0. The summed E-state index contributed by atoms with van der Waals surface area (Å²) in [6, 6.07) is 6.26. The number of rotatable bonds is 6. The van der Waals surface area contributed by atoms with Crippen molar-refractivity contribution in [2.75, 3.05) is 13.2 Å². The molecule has 0 aliphatic carbocycles. The second-order valence-corrected chi connectivity index (χ2v) is 2.81. The van der Waals surface area contributed by atoms with Gasteiger partial charge in [-0.3, -0.25) is 0 Å². The number of para-hydroxylation sites is 2. The molecule has 0 aliphatic heterocycles. The van der Waals surface area contributed by atoms with Crippen LogP contribution in [0.2, 0.25) is 0 Å². The molecule has 8 N–H and O–H groups in total. The smallest absolute Gasteiger partial charge is 0.341 e. The number of carbonyl (C=O) groups is 2. The van der Waals surface area contributed by atoms with Gasteiger partial charge >= 0.3 is 11.9 Å². The summed E-state index contributed by atoms with van der Waals surface area (Å²) in [7, 11) is 0. The van der Waals surface area contributed by atoms with E-state index in [9.17, 15) is 9.59 Å². The Hall–Kier alpha value is -1.84. The summed E-state index contributed by atoms with van der Waals surface area (Å²) < 4.78 is 9.83. The van der Waals surface area contributed by atoms with E-state index in [-0.39, 0.29) is 45.0 Å². The predicted octanol–water partition coefficient (Wildman–Crippen LogP) is -1.86. The van der Waals surface area contributed by atoms with Gasteiger partial charge in [-0.15, -0.1) is 0 Å². The molecule has 9 nitrogen and oxygen atoms in total. The van der Waals surface area contributed by atoms with E-state index in [2.05, 4.69) is 0 Å². The van der Waals surface area contributed by atoms with Crippen LogP contribution < -0.4 is 9.47 Å². The molecule has 1 radical (unpaired) electrons. The van der Waals surface area contributed by atoms with E-state index >= 15 is 0 Å². The molecule has 0 amide bonds. The standard InChI is InChI=1S/C10H10O6.Mn.3H2O/c11-9(12)5-15-7-3-1-2-4-8(7)16-6-10(13)14;;;;/h1-4H,5-6H2,(H,11,12)(H,13,14);;3*1H2. The van der Waals surface area contributed by atoms with Crippen LogP contribution in [0.3, 0.4) is 0 Å². The van der Waals surface area contributed by atoms with Gasteiger partial charge in [0.1, 0.15) is 0 Å². The molecular weight excluding hydrogens is 319 g/mol. The first-order valence-corrected chi connectivity index (χ1v) is 4.38. The number of hydrogen-bond donors (Lipinski definition) is 2. The van der Waals surface area contributed by atoms with Gasteiger partial charge in [-0.2, -0.15) is 0 Å². The second-order valence-electron chi connectivity index (χ2n) is 2.81. The van der Waals surface area contributed by atoms with Gasteiger partial charge in [-0.1, -0.05) is 12.1 Å². The topological polar surface area (TPSA) is 188 Å². The van der Waals surface area contributed by atoms with E-state index < -0.39 is 25.2 Å². The fourth-order valence-electron chi connectivity index (χ4n) is 0.968. The number of benzene rings is 1. The summed E-state index contributed by atoms with van der Waals surface area (Å²) in [5.74, 6) is -1.83. The Balaban J connectivity index is -0.000000320. The fourth-order valence-corrected chi connectivity index (χ4v) is 0.968. The Kier molecular flexibility index (Phi) is 18.1. The van der Waals surface area contributed by atoms with Crippen LogP contribution in [0.25, 0.3) is 0 Å². The van der Waals surface area contributed by atoms with E-state index in [4.69, 9.17) is 19.7 Å². The van der Waals surface area contributed by atoms with Crippen molar-refractivity contribution in [2.45, 2.75) is 0 Å². The van der Waals surface area contributed by atoms with E-state index in [1.807, 2.05) is 0 Å². The van der Waals surface area contributed by atoms with Gasteiger partial charge in [0.2, 0.25) is 0 Å². The van der Waals surface area contributed by atoms with Crippen molar-refractivity contribution in [1.29, 1.82) is 0 Å². The Bertz CT molecular complexity index is 359. The largest absolute Gasteiger partial charge is 0.479 e. The molecule has 1 aromatic carbocycles. The first kappa shape index (κ1) is 26.7. The van der Waals surface area contributed by atoms with E-state index in [1.54, 1.807) is 12.1 Å². The Morgan fingerprint density at radius 3 is 1.40 bits per heavy atom. The Morgan fingerprint density at radius 1 is 0.850 bits per heavy atom. The molecule has 0 spiro atoms. The quantitative estimate of drug-likeness (QED) is 0.573. The summed E-state index contributed by atoms with van der Waals surface area (Å²) in [5.41, 5.74) is 0. The molecule has 1 aromatic rings. The van der Waals surface area contributed by atoms with Gasteiger partial charge in [-0.05, 0) is 12.1 Å². The molecule has 0 heterocycles. The molecule has 0 bridgehead atoms. The normalized spacial score (nSPS) is 7.60. The van der Waals surface area contributed by atoms with Gasteiger partial charge in [0.15, 0.2) is 24.7 Å². The zero-order valence-corrected chi connectivity index (χ0v) is 11.3. The van der Waals surface area contributed by atoms with E-state index in [0.717, 1.165) is 0 Å². The molecule has 0 atom stereocenters. The van der Waals surface area contributed by atoms with Crippen molar-refractivity contribution in [2.24, 2.45) is 0 Å². The zero-order chi connectivity index (χ0) is 12.0. The summed E-state index contributed by atoms with van der Waals surface area (Å²) in [6.07, 6.45) is 0. The maximum absolute atomic E-state index is 10.3. The molecule has 1 rings (SSSR count). The second kappa shape index (κ2) is 13.6. The molecule has 20 heavy (non-hydrogen) atoms. The SMILES string of the molecule is O.O.O.O=C(O)COc1ccccc1OCC(=O)O.[Mn]. The van der Waals surface area contributed by atoms with E-state index in [1.165, 1.54) is 12.1 Å². The zero-order valence-electron chi connectivity index (χ0n) is 10.1. The number of carboxylic acids is 2. The number of hydrogen-bond acceptors (Lipinski definition) is 4. The third-order valence-electron chi connectivity index (χ3n) is 1.55. The Morgan fingerprint density at radius 2 is 1.15 bits per heavy atom. The summed E-state index contributed by atoms with van der Waals surface area (Å²) in [5, 5.41) is 16.8. The number of ether oxygens (including phenoxy) is 2. The van der Waals surface area contributed by atoms with Crippen molar-refractivity contribution in [1.82, 2.24) is 0 Å². The number of aliphatic carboxylic acids is 2. The third kappa shape index (κ3) is 10.1. The molecule has 0 saturated heterocycles. The van der Waals surface area contributed by atoms with Gasteiger partial charge in [-0.25, -0.2) is 9.59 Å². The first-order valence-electron chi connectivity index (χ1n) is 4.38.